The number of benzene rings is 3. The molecule has 9 heteroatoms. The quantitative estimate of drug-likeness (QED) is 0.174. The highest BCUT2D eigenvalue weighted by molar-refractivity contribution is 6.30. The molecule has 1 fully saturated rings. The molecule has 2 aliphatic heterocycles. The molecule has 1 saturated heterocycles. The molecule has 0 unspecified atom stereocenters. The van der Waals surface area contributed by atoms with Gasteiger partial charge in [-0.3, -0.25) is 14.5 Å². The van der Waals surface area contributed by atoms with Gasteiger partial charge in [0.25, 0.3) is 5.91 Å². The minimum absolute atomic E-state index is 0.0954. The molecule has 262 valence electrons. The van der Waals surface area contributed by atoms with E-state index in [1.54, 1.807) is 0 Å². The number of aromatic amines is 1. The highest BCUT2D eigenvalue weighted by Gasteiger charge is 2.37. The summed E-state index contributed by atoms with van der Waals surface area (Å²) in [6.07, 6.45) is 5.42. The molecule has 1 N–H and O–H groups in total. The normalized spacial score (nSPS) is 17.6. The number of para-hydroxylation sites is 2. The Morgan fingerprint density at radius 1 is 0.960 bits per heavy atom. The second-order valence-corrected chi connectivity index (χ2v) is 15.0. The number of piperidine rings is 1. The number of halogens is 1. The fourth-order valence-corrected chi connectivity index (χ4v) is 8.60. The molecule has 7 rings (SSSR count). The fourth-order valence-electron chi connectivity index (χ4n) is 8.40. The molecule has 2 aliphatic rings. The van der Waals surface area contributed by atoms with Crippen LogP contribution in [0.4, 0.5) is 5.69 Å². The van der Waals surface area contributed by atoms with Crippen LogP contribution >= 0.6 is 11.6 Å². The molecular weight excluding hydrogens is 644 g/mol. The van der Waals surface area contributed by atoms with Crippen molar-refractivity contribution in [1.29, 1.82) is 0 Å². The summed E-state index contributed by atoms with van der Waals surface area (Å²) in [5, 5.41) is 2.96. The molecule has 0 bridgehead atoms. The average Bonchev–Trinajstić information content (AvgIpc) is 3.69. The predicted molar refractivity (Wildman–Crippen MR) is 204 cm³/mol. The lowest BCUT2D eigenvalue weighted by molar-refractivity contribution is -0.124. The van der Waals surface area contributed by atoms with Gasteiger partial charge in [0.15, 0.2) is 0 Å². The first-order valence-corrected chi connectivity index (χ1v) is 18.4. The number of hydrogen-bond acceptors (Lipinski definition) is 4. The van der Waals surface area contributed by atoms with Crippen molar-refractivity contribution in [3.05, 3.63) is 101 Å². The van der Waals surface area contributed by atoms with Gasteiger partial charge in [0, 0.05) is 78.5 Å². The Morgan fingerprint density at radius 2 is 1.72 bits per heavy atom. The zero-order chi connectivity index (χ0) is 34.9. The van der Waals surface area contributed by atoms with Crippen LogP contribution < -0.4 is 4.90 Å². The van der Waals surface area contributed by atoms with Crippen molar-refractivity contribution < 1.29 is 9.59 Å². The van der Waals surface area contributed by atoms with Crippen molar-refractivity contribution in [3.8, 4) is 0 Å². The standard InChI is InChI=1S/C41H49ClN6O2/c1-5-46(26-28-16-18-47(19-17-28)40(49)38-22-30-10-6-9-13-36(30)45(38)4)39(23-32-24-43-35-12-8-7-11-34(32)35)41(50)48-27-29(25-44(2)3)20-31-21-33(42)14-15-37(31)48/h6-15,21-22,24,28-29,39,43H,5,16-20,23,25-27H2,1-4H3/t29-,39-/m1/s1. The van der Waals surface area contributed by atoms with Gasteiger partial charge in [0.05, 0.1) is 6.04 Å². The van der Waals surface area contributed by atoms with E-state index in [0.717, 1.165) is 96.3 Å². The second-order valence-electron chi connectivity index (χ2n) is 14.6. The molecule has 0 spiro atoms. The number of aromatic nitrogens is 2. The van der Waals surface area contributed by atoms with Crippen LogP contribution in [0.15, 0.2) is 79.0 Å². The number of hydrogen-bond donors (Lipinski definition) is 1. The number of anilines is 1. The number of carbonyl (C=O) groups is 2. The fraction of sp³-hybridized carbons (Fsp3) is 0.415. The van der Waals surface area contributed by atoms with Crippen LogP contribution in [0.5, 0.6) is 0 Å². The third-order valence-electron chi connectivity index (χ3n) is 11.0. The minimum atomic E-state index is -0.337. The molecule has 0 radical (unpaired) electrons. The summed E-state index contributed by atoms with van der Waals surface area (Å²) >= 11 is 6.49. The van der Waals surface area contributed by atoms with E-state index in [-0.39, 0.29) is 17.9 Å². The summed E-state index contributed by atoms with van der Waals surface area (Å²) in [6, 6.07) is 24.2. The average molecular weight is 693 g/mol. The third-order valence-corrected chi connectivity index (χ3v) is 11.2. The molecular formula is C41H49ClN6O2. The molecule has 2 aromatic heterocycles. The lowest BCUT2D eigenvalue weighted by Gasteiger charge is -2.41. The maximum absolute atomic E-state index is 15.1. The van der Waals surface area contributed by atoms with Crippen molar-refractivity contribution >= 4 is 50.9 Å². The lowest BCUT2D eigenvalue weighted by atomic mass is 9.90. The summed E-state index contributed by atoms with van der Waals surface area (Å²) in [5.74, 6) is 0.941. The smallest absolute Gasteiger partial charge is 0.270 e. The van der Waals surface area contributed by atoms with Gasteiger partial charge < -0.3 is 24.3 Å². The molecule has 8 nitrogen and oxygen atoms in total. The third kappa shape index (κ3) is 6.94. The topological polar surface area (TPSA) is 67.8 Å². The Bertz CT molecular complexity index is 1990. The van der Waals surface area contributed by atoms with Crippen LogP contribution in [0.2, 0.25) is 5.02 Å². The van der Waals surface area contributed by atoms with E-state index in [1.807, 2.05) is 59.0 Å². The predicted octanol–water partition coefficient (Wildman–Crippen LogP) is 6.87. The Labute approximate surface area is 300 Å². The Morgan fingerprint density at radius 3 is 2.48 bits per heavy atom. The maximum Gasteiger partial charge on any atom is 0.270 e. The van der Waals surface area contributed by atoms with Crippen LogP contribution in [0, 0.1) is 11.8 Å². The highest BCUT2D eigenvalue weighted by Crippen LogP contribution is 2.34. The molecule has 2 amide bonds. The van der Waals surface area contributed by atoms with Crippen molar-refractivity contribution in [2.24, 2.45) is 18.9 Å². The van der Waals surface area contributed by atoms with Crippen molar-refractivity contribution in [3.63, 3.8) is 0 Å². The first-order valence-electron chi connectivity index (χ1n) is 18.1. The number of nitrogens with one attached hydrogen (secondary N) is 1. The Hall–Kier alpha value is -4.11. The summed E-state index contributed by atoms with van der Waals surface area (Å²) < 4.78 is 2.01. The number of nitrogens with zero attached hydrogens (tertiary/aromatic N) is 5. The highest BCUT2D eigenvalue weighted by atomic mass is 35.5. The summed E-state index contributed by atoms with van der Waals surface area (Å²) in [6.45, 7) is 6.77. The van der Waals surface area contributed by atoms with Gasteiger partial charge in [-0.1, -0.05) is 54.9 Å². The monoisotopic (exact) mass is 692 g/mol. The Balaban J connectivity index is 1.13. The number of fused-ring (bicyclic) bond motifs is 3. The van der Waals surface area contributed by atoms with E-state index in [9.17, 15) is 4.79 Å². The van der Waals surface area contributed by atoms with Gasteiger partial charge in [-0.05, 0) is 106 Å². The van der Waals surface area contributed by atoms with Crippen LogP contribution in [-0.4, -0.2) is 95.5 Å². The first-order chi connectivity index (χ1) is 24.2. The number of aryl methyl sites for hydroxylation is 1. The van der Waals surface area contributed by atoms with E-state index in [0.29, 0.717) is 29.8 Å². The van der Waals surface area contributed by atoms with Crippen LogP contribution in [-0.2, 0) is 24.7 Å². The molecule has 0 saturated carbocycles. The van der Waals surface area contributed by atoms with Gasteiger partial charge in [-0.15, -0.1) is 0 Å². The van der Waals surface area contributed by atoms with Crippen LogP contribution in [0.1, 0.15) is 41.4 Å². The van der Waals surface area contributed by atoms with Crippen molar-refractivity contribution in [2.45, 2.75) is 38.6 Å². The summed E-state index contributed by atoms with van der Waals surface area (Å²) in [4.78, 5) is 40.9. The number of likely N-dealkylation sites (tertiary alicyclic amines) is 1. The van der Waals surface area contributed by atoms with Gasteiger partial charge in [0.2, 0.25) is 5.91 Å². The maximum atomic E-state index is 15.1. The zero-order valence-electron chi connectivity index (χ0n) is 29.7. The van der Waals surface area contributed by atoms with Gasteiger partial charge >= 0.3 is 0 Å². The second kappa shape index (κ2) is 14.6. The van der Waals surface area contributed by atoms with Crippen LogP contribution in [0.3, 0.4) is 0 Å². The molecule has 50 heavy (non-hydrogen) atoms. The molecule has 0 aliphatic carbocycles. The van der Waals surface area contributed by atoms with Crippen molar-refractivity contribution in [1.82, 2.24) is 24.3 Å². The molecule has 5 aromatic rings. The van der Waals surface area contributed by atoms with Gasteiger partial charge in [0.1, 0.15) is 5.69 Å². The number of H-pyrrole nitrogens is 1. The lowest BCUT2D eigenvalue weighted by Crippen LogP contribution is -2.54. The van der Waals surface area contributed by atoms with E-state index in [4.69, 9.17) is 11.6 Å². The van der Waals surface area contributed by atoms with Crippen LogP contribution in [0.25, 0.3) is 21.8 Å². The summed E-state index contributed by atoms with van der Waals surface area (Å²) in [5.41, 5.74) is 6.17. The van der Waals surface area contributed by atoms with Gasteiger partial charge in [-0.25, -0.2) is 0 Å². The Kier molecular flexibility index (Phi) is 10.0. The number of rotatable bonds is 10. The number of likely N-dealkylation sites (N-methyl/N-ethyl adjacent to an activating group) is 1. The number of carbonyl (C=O) groups excluding carboxylic acids is 2. The number of amides is 2. The zero-order valence-corrected chi connectivity index (χ0v) is 30.5. The molecule has 3 aromatic carbocycles. The van der Waals surface area contributed by atoms with E-state index < -0.39 is 0 Å². The first kappa shape index (κ1) is 34.3. The molecule has 4 heterocycles. The largest absolute Gasteiger partial charge is 0.361 e. The summed E-state index contributed by atoms with van der Waals surface area (Å²) in [7, 11) is 6.17. The van der Waals surface area contributed by atoms with E-state index >= 15 is 4.79 Å². The SMILES string of the molecule is CCN(CC1CCN(C(=O)c2cc3ccccc3n2C)CC1)[C@H](Cc1c[nH]c2ccccc12)C(=O)N1C[C@@H](CN(C)C)Cc2cc(Cl)ccc21. The van der Waals surface area contributed by atoms with E-state index in [2.05, 4.69) is 77.2 Å². The minimum Gasteiger partial charge on any atom is -0.361 e. The van der Waals surface area contributed by atoms with Crippen molar-refractivity contribution in [2.75, 3.05) is 58.3 Å². The molecule has 2 atom stereocenters. The van der Waals surface area contributed by atoms with Gasteiger partial charge in [-0.2, -0.15) is 0 Å². The van der Waals surface area contributed by atoms with E-state index in [1.165, 1.54) is 0 Å².